The average molecular weight is 213 g/mol. The Morgan fingerprint density at radius 2 is 1.62 bits per heavy atom. The minimum atomic E-state index is -0.227. The zero-order chi connectivity index (χ0) is 11.4. The third-order valence-corrected chi connectivity index (χ3v) is 2.23. The molecule has 0 atom stereocenters. The van der Waals surface area contributed by atoms with Crippen LogP contribution in [-0.4, -0.2) is 6.03 Å². The number of rotatable bonds is 2. The van der Waals surface area contributed by atoms with Crippen molar-refractivity contribution in [3.63, 3.8) is 0 Å². The maximum atomic E-state index is 11.5. The van der Waals surface area contributed by atoms with E-state index >= 15 is 0 Å². The van der Waals surface area contributed by atoms with Crippen LogP contribution in [-0.2, 0) is 0 Å². The van der Waals surface area contributed by atoms with Crippen molar-refractivity contribution in [1.29, 1.82) is 0 Å². The predicted molar refractivity (Wildman–Crippen MR) is 63.8 cm³/mol. The topological polar surface area (TPSA) is 41.1 Å². The van der Waals surface area contributed by atoms with Crippen LogP contribution < -0.4 is 10.6 Å². The first-order valence-corrected chi connectivity index (χ1v) is 5.10. The van der Waals surface area contributed by atoms with Crippen molar-refractivity contribution in [2.75, 3.05) is 5.32 Å². The van der Waals surface area contributed by atoms with Gasteiger partial charge < -0.3 is 10.6 Å². The minimum absolute atomic E-state index is 0.227. The molecule has 1 aromatic carbocycles. The Labute approximate surface area is 96.2 Å². The van der Waals surface area contributed by atoms with Gasteiger partial charge in [0.1, 0.15) is 0 Å². The average Bonchev–Trinajstić information content (AvgIpc) is 2.74. The molecular weight excluding hydrogens is 200 g/mol. The highest BCUT2D eigenvalue weighted by Gasteiger charge is 2.18. The van der Waals surface area contributed by atoms with Crippen molar-refractivity contribution >= 4 is 11.7 Å². The molecule has 0 unspecified atom stereocenters. The van der Waals surface area contributed by atoms with Gasteiger partial charge in [0.25, 0.3) is 0 Å². The van der Waals surface area contributed by atoms with Crippen LogP contribution in [0.3, 0.4) is 0 Å². The summed E-state index contributed by atoms with van der Waals surface area (Å²) in [6, 6.07) is 8.23. The van der Waals surface area contributed by atoms with E-state index in [-0.39, 0.29) is 6.03 Å². The van der Waals surface area contributed by atoms with Crippen LogP contribution in [0.25, 0.3) is 0 Å². The number of nitrogens with one attached hydrogen (secondary N) is 2. The standard InChI is InChI=1S/C13H13N2O/c1-10-6-8-12(9-7-10)15-13(16)14-11-4-2-3-5-11/h2-9H,1H3,(H2,14,15,16). The lowest BCUT2D eigenvalue weighted by Crippen LogP contribution is -2.31. The second-order valence-electron chi connectivity index (χ2n) is 3.62. The Balaban J connectivity index is 1.84. The van der Waals surface area contributed by atoms with Gasteiger partial charge in [-0.25, -0.2) is 4.79 Å². The van der Waals surface area contributed by atoms with Gasteiger partial charge in [0, 0.05) is 5.69 Å². The lowest BCUT2D eigenvalue weighted by Gasteiger charge is -2.11. The number of anilines is 1. The van der Waals surface area contributed by atoms with Crippen LogP contribution >= 0.6 is 0 Å². The first-order chi connectivity index (χ1) is 7.74. The number of amides is 2. The van der Waals surface area contributed by atoms with Gasteiger partial charge in [-0.2, -0.15) is 0 Å². The maximum absolute atomic E-state index is 11.5. The van der Waals surface area contributed by atoms with Gasteiger partial charge in [-0.1, -0.05) is 17.7 Å². The number of urea groups is 1. The fourth-order valence-corrected chi connectivity index (χ4v) is 1.39. The van der Waals surface area contributed by atoms with Crippen LogP contribution in [0.5, 0.6) is 0 Å². The van der Waals surface area contributed by atoms with Crippen LogP contribution in [0, 0.1) is 38.6 Å². The molecule has 1 saturated carbocycles. The quantitative estimate of drug-likeness (QED) is 0.778. The van der Waals surface area contributed by atoms with Crippen molar-refractivity contribution in [3.05, 3.63) is 61.6 Å². The van der Waals surface area contributed by atoms with Crippen molar-refractivity contribution in [2.24, 2.45) is 0 Å². The number of aryl methyl sites for hydroxylation is 1. The van der Waals surface area contributed by atoms with Crippen molar-refractivity contribution in [3.8, 4) is 0 Å². The normalized spacial score (nSPS) is 16.1. The Morgan fingerprint density at radius 1 is 1.00 bits per heavy atom. The molecule has 2 rings (SSSR count). The summed E-state index contributed by atoms with van der Waals surface area (Å²) >= 11 is 0. The fourth-order valence-electron chi connectivity index (χ4n) is 1.39. The highest BCUT2D eigenvalue weighted by molar-refractivity contribution is 5.90. The van der Waals surface area contributed by atoms with Crippen molar-refractivity contribution in [1.82, 2.24) is 5.32 Å². The summed E-state index contributed by atoms with van der Waals surface area (Å²) in [6.07, 6.45) is 7.44. The predicted octanol–water partition coefficient (Wildman–Crippen LogP) is 2.48. The molecule has 1 aliphatic carbocycles. The van der Waals surface area contributed by atoms with E-state index in [1.165, 1.54) is 5.56 Å². The molecule has 0 saturated heterocycles. The molecule has 3 nitrogen and oxygen atoms in total. The van der Waals surface area contributed by atoms with Crippen molar-refractivity contribution in [2.45, 2.75) is 6.92 Å². The minimum Gasteiger partial charge on any atom is -0.329 e. The molecule has 1 aromatic rings. The molecule has 3 heteroatoms. The third kappa shape index (κ3) is 2.99. The molecule has 2 N–H and O–H groups in total. The van der Waals surface area contributed by atoms with E-state index in [2.05, 4.69) is 10.6 Å². The zero-order valence-corrected chi connectivity index (χ0v) is 9.03. The Hall–Kier alpha value is -1.51. The Bertz CT molecular complexity index is 353. The van der Waals surface area contributed by atoms with E-state index in [0.717, 1.165) is 11.7 Å². The van der Waals surface area contributed by atoms with E-state index in [9.17, 15) is 4.79 Å². The van der Waals surface area contributed by atoms with Gasteiger partial charge in [0.15, 0.2) is 0 Å². The number of hydrogen-bond donors (Lipinski definition) is 2. The molecule has 0 spiro atoms. The number of hydrogen-bond acceptors (Lipinski definition) is 1. The summed E-state index contributed by atoms with van der Waals surface area (Å²) in [5, 5.41) is 5.49. The van der Waals surface area contributed by atoms with Gasteiger partial charge in [0.2, 0.25) is 0 Å². The summed E-state index contributed by atoms with van der Waals surface area (Å²) in [7, 11) is 0. The monoisotopic (exact) mass is 213 g/mol. The van der Waals surface area contributed by atoms with Crippen LogP contribution in [0.2, 0.25) is 0 Å². The number of benzene rings is 1. The molecule has 1 aliphatic rings. The molecule has 0 bridgehead atoms. The van der Waals surface area contributed by atoms with Gasteiger partial charge in [-0.15, -0.1) is 0 Å². The second-order valence-corrected chi connectivity index (χ2v) is 3.62. The molecule has 0 aliphatic heterocycles. The first kappa shape index (κ1) is 11.0. The highest BCUT2D eigenvalue weighted by Crippen LogP contribution is 2.20. The van der Waals surface area contributed by atoms with E-state index in [1.807, 2.05) is 56.9 Å². The molecule has 16 heavy (non-hydrogen) atoms. The summed E-state index contributed by atoms with van der Waals surface area (Å²) in [5.41, 5.74) is 1.96. The van der Waals surface area contributed by atoms with Gasteiger partial charge in [0.05, 0.1) is 6.04 Å². The number of carbonyl (C=O) groups is 1. The maximum Gasteiger partial charge on any atom is 0.319 e. The SMILES string of the molecule is Cc1ccc(NC(=O)N[C]2[CH][CH][CH][CH]2)cc1. The zero-order valence-electron chi connectivity index (χ0n) is 9.03. The van der Waals surface area contributed by atoms with E-state index < -0.39 is 0 Å². The molecule has 0 aromatic heterocycles. The largest absolute Gasteiger partial charge is 0.329 e. The van der Waals surface area contributed by atoms with Crippen LogP contribution in [0.4, 0.5) is 10.5 Å². The third-order valence-electron chi connectivity index (χ3n) is 2.23. The second kappa shape index (κ2) is 5.01. The Morgan fingerprint density at radius 3 is 2.25 bits per heavy atom. The smallest absolute Gasteiger partial charge is 0.319 e. The fraction of sp³-hybridized carbons (Fsp3) is 0.0769. The summed E-state index contributed by atoms with van der Waals surface area (Å²) in [5.74, 6) is 0. The molecule has 81 valence electrons. The van der Waals surface area contributed by atoms with Gasteiger partial charge in [-0.3, -0.25) is 0 Å². The van der Waals surface area contributed by atoms with Gasteiger partial charge >= 0.3 is 6.03 Å². The molecular formula is C13H13N2O. The van der Waals surface area contributed by atoms with Gasteiger partial charge in [-0.05, 0) is 44.7 Å². The molecule has 5 radical (unpaired) electrons. The highest BCUT2D eigenvalue weighted by atomic mass is 16.2. The lowest BCUT2D eigenvalue weighted by atomic mass is 10.2. The lowest BCUT2D eigenvalue weighted by molar-refractivity contribution is 0.253. The van der Waals surface area contributed by atoms with Crippen LogP contribution in [0.15, 0.2) is 24.3 Å². The van der Waals surface area contributed by atoms with E-state index in [0.29, 0.717) is 0 Å². The van der Waals surface area contributed by atoms with Crippen LogP contribution in [0.1, 0.15) is 5.56 Å². The first-order valence-electron chi connectivity index (χ1n) is 5.10. The molecule has 1 fully saturated rings. The molecule has 0 heterocycles. The van der Waals surface area contributed by atoms with E-state index in [1.54, 1.807) is 0 Å². The summed E-state index contributed by atoms with van der Waals surface area (Å²) < 4.78 is 0. The number of carbonyl (C=O) groups excluding carboxylic acids is 1. The van der Waals surface area contributed by atoms with Crippen molar-refractivity contribution < 1.29 is 4.79 Å². The summed E-state index contributed by atoms with van der Waals surface area (Å²) in [6.45, 7) is 2.01. The van der Waals surface area contributed by atoms with E-state index in [4.69, 9.17) is 0 Å². The summed E-state index contributed by atoms with van der Waals surface area (Å²) in [4.78, 5) is 11.5. The molecule has 2 amide bonds. The Kier molecular flexibility index (Phi) is 3.44.